The number of hydrogen-bond acceptors (Lipinski definition) is 3. The minimum Gasteiger partial charge on any atom is -0.375 e. The first-order valence-electron chi connectivity index (χ1n) is 6.23. The molecule has 1 atom stereocenters. The Morgan fingerprint density at radius 1 is 1.35 bits per heavy atom. The summed E-state index contributed by atoms with van der Waals surface area (Å²) < 4.78 is 6.08. The Bertz CT molecular complexity index is 597. The maximum Gasteiger partial charge on any atom is 0.261 e. The Kier molecular flexibility index (Phi) is 5.17. The predicted molar refractivity (Wildman–Crippen MR) is 82.6 cm³/mol. The van der Waals surface area contributed by atoms with Crippen molar-refractivity contribution < 1.29 is 9.53 Å². The fourth-order valence-electron chi connectivity index (χ4n) is 1.98. The zero-order valence-electron chi connectivity index (χ0n) is 11.4. The number of amides is 1. The summed E-state index contributed by atoms with van der Waals surface area (Å²) in [5.41, 5.74) is 2.23. The van der Waals surface area contributed by atoms with E-state index in [0.29, 0.717) is 15.8 Å². The molecule has 5 heteroatoms. The van der Waals surface area contributed by atoms with Crippen LogP contribution in [0.5, 0.6) is 0 Å². The molecule has 0 fully saturated rings. The van der Waals surface area contributed by atoms with Gasteiger partial charge in [0.1, 0.15) is 0 Å². The number of rotatable bonds is 5. The Morgan fingerprint density at radius 3 is 2.70 bits per heavy atom. The highest BCUT2D eigenvalue weighted by atomic mass is 35.5. The highest BCUT2D eigenvalue weighted by molar-refractivity contribution is 7.17. The summed E-state index contributed by atoms with van der Waals surface area (Å²) >= 11 is 7.09. The van der Waals surface area contributed by atoms with E-state index in [2.05, 4.69) is 5.32 Å². The van der Waals surface area contributed by atoms with E-state index in [1.807, 2.05) is 31.2 Å². The zero-order valence-corrected chi connectivity index (χ0v) is 12.9. The average Bonchev–Trinajstić information content (AvgIpc) is 2.88. The van der Waals surface area contributed by atoms with Crippen molar-refractivity contribution in [2.75, 3.05) is 13.7 Å². The van der Waals surface area contributed by atoms with E-state index in [0.717, 1.165) is 11.1 Å². The third kappa shape index (κ3) is 3.60. The van der Waals surface area contributed by atoms with Gasteiger partial charge in [0, 0.05) is 13.7 Å². The summed E-state index contributed by atoms with van der Waals surface area (Å²) in [6.45, 7) is 2.46. The Hall–Kier alpha value is -1.36. The normalized spacial score (nSPS) is 12.2. The number of aryl methyl sites for hydroxylation is 1. The number of carbonyl (C=O) groups excluding carboxylic acids is 1. The van der Waals surface area contributed by atoms with Crippen LogP contribution < -0.4 is 5.32 Å². The minimum absolute atomic E-state index is 0.127. The van der Waals surface area contributed by atoms with Gasteiger partial charge >= 0.3 is 0 Å². The lowest BCUT2D eigenvalue weighted by molar-refractivity contribution is 0.0829. The van der Waals surface area contributed by atoms with E-state index in [4.69, 9.17) is 16.3 Å². The van der Waals surface area contributed by atoms with Crippen LogP contribution in [0.4, 0.5) is 0 Å². The van der Waals surface area contributed by atoms with Crippen LogP contribution in [-0.4, -0.2) is 19.6 Å². The Morgan fingerprint density at radius 2 is 2.10 bits per heavy atom. The number of benzene rings is 1. The molecule has 0 saturated carbocycles. The van der Waals surface area contributed by atoms with Crippen LogP contribution in [0, 0.1) is 6.92 Å². The van der Waals surface area contributed by atoms with Gasteiger partial charge in [-0.05, 0) is 30.2 Å². The van der Waals surface area contributed by atoms with Crippen molar-refractivity contribution in [2.24, 2.45) is 0 Å². The van der Waals surface area contributed by atoms with E-state index >= 15 is 0 Å². The monoisotopic (exact) mass is 309 g/mol. The molecule has 0 radical (unpaired) electrons. The average molecular weight is 310 g/mol. The second-order valence-corrected chi connectivity index (χ2v) is 6.11. The molecular formula is C15H16ClNO2S. The fourth-order valence-corrected chi connectivity index (χ4v) is 2.94. The van der Waals surface area contributed by atoms with Gasteiger partial charge < -0.3 is 10.1 Å². The van der Waals surface area contributed by atoms with Crippen LogP contribution in [0.15, 0.2) is 36.4 Å². The highest BCUT2D eigenvalue weighted by Crippen LogP contribution is 2.22. The summed E-state index contributed by atoms with van der Waals surface area (Å²) in [5.74, 6) is -0.127. The summed E-state index contributed by atoms with van der Waals surface area (Å²) in [4.78, 5) is 12.6. The van der Waals surface area contributed by atoms with E-state index in [1.165, 1.54) is 11.3 Å². The first-order chi connectivity index (χ1) is 9.61. The van der Waals surface area contributed by atoms with Crippen LogP contribution in [0.25, 0.3) is 0 Å². The maximum absolute atomic E-state index is 12.0. The molecule has 106 valence electrons. The van der Waals surface area contributed by atoms with Gasteiger partial charge in [0.15, 0.2) is 0 Å². The number of methoxy groups -OCH3 is 1. The van der Waals surface area contributed by atoms with Crippen molar-refractivity contribution in [3.8, 4) is 0 Å². The standard InChI is InChI=1S/C15H16ClNO2S/c1-10-5-3-4-6-11(10)12(19-2)9-17-15(18)13-7-8-14(16)20-13/h3-8,12H,9H2,1-2H3,(H,17,18)/t12-/m0/s1. The van der Waals surface area contributed by atoms with Gasteiger partial charge in [-0.1, -0.05) is 35.9 Å². The second kappa shape index (κ2) is 6.88. The van der Waals surface area contributed by atoms with Gasteiger partial charge in [0.05, 0.1) is 15.3 Å². The topological polar surface area (TPSA) is 38.3 Å². The Labute approximate surface area is 127 Å². The van der Waals surface area contributed by atoms with Crippen molar-refractivity contribution in [2.45, 2.75) is 13.0 Å². The van der Waals surface area contributed by atoms with E-state index in [1.54, 1.807) is 19.2 Å². The van der Waals surface area contributed by atoms with Crippen molar-refractivity contribution in [1.82, 2.24) is 5.32 Å². The predicted octanol–water partition coefficient (Wildman–Crippen LogP) is 3.83. The van der Waals surface area contributed by atoms with Crippen LogP contribution in [0.3, 0.4) is 0 Å². The van der Waals surface area contributed by atoms with Crippen LogP contribution in [0.2, 0.25) is 4.34 Å². The number of halogens is 1. The van der Waals surface area contributed by atoms with E-state index in [9.17, 15) is 4.79 Å². The second-order valence-electron chi connectivity index (χ2n) is 4.39. The molecule has 0 aliphatic carbocycles. The van der Waals surface area contributed by atoms with Gasteiger partial charge in [-0.15, -0.1) is 11.3 Å². The smallest absolute Gasteiger partial charge is 0.261 e. The first-order valence-corrected chi connectivity index (χ1v) is 7.43. The lowest BCUT2D eigenvalue weighted by Crippen LogP contribution is -2.28. The van der Waals surface area contributed by atoms with Crippen molar-refractivity contribution in [1.29, 1.82) is 0 Å². The molecule has 0 bridgehead atoms. The van der Waals surface area contributed by atoms with Crippen molar-refractivity contribution in [3.63, 3.8) is 0 Å². The molecule has 2 rings (SSSR count). The molecule has 1 amide bonds. The minimum atomic E-state index is -0.157. The van der Waals surface area contributed by atoms with Gasteiger partial charge in [-0.3, -0.25) is 4.79 Å². The summed E-state index contributed by atoms with van der Waals surface area (Å²) in [6, 6.07) is 11.4. The number of carbonyl (C=O) groups is 1. The number of nitrogens with one attached hydrogen (secondary N) is 1. The quantitative estimate of drug-likeness (QED) is 0.911. The molecule has 1 N–H and O–H groups in total. The molecule has 0 spiro atoms. The molecule has 1 aromatic heterocycles. The number of hydrogen-bond donors (Lipinski definition) is 1. The molecule has 0 aliphatic rings. The SMILES string of the molecule is CO[C@@H](CNC(=O)c1ccc(Cl)s1)c1ccccc1C. The molecule has 0 unspecified atom stereocenters. The molecular weight excluding hydrogens is 294 g/mol. The van der Waals surface area contributed by atoms with Crippen molar-refractivity contribution in [3.05, 3.63) is 56.7 Å². The molecule has 1 heterocycles. The lowest BCUT2D eigenvalue weighted by Gasteiger charge is -2.18. The van der Waals surface area contributed by atoms with Gasteiger partial charge in [-0.25, -0.2) is 0 Å². The lowest BCUT2D eigenvalue weighted by atomic mass is 10.0. The van der Waals surface area contributed by atoms with Crippen LogP contribution in [0.1, 0.15) is 26.9 Å². The van der Waals surface area contributed by atoms with Gasteiger partial charge in [0.25, 0.3) is 5.91 Å². The van der Waals surface area contributed by atoms with Crippen LogP contribution in [-0.2, 0) is 4.74 Å². The van der Waals surface area contributed by atoms with E-state index < -0.39 is 0 Å². The third-order valence-corrected chi connectivity index (χ3v) is 4.29. The number of ether oxygens (including phenoxy) is 1. The molecule has 20 heavy (non-hydrogen) atoms. The molecule has 0 saturated heterocycles. The highest BCUT2D eigenvalue weighted by Gasteiger charge is 2.15. The first kappa shape index (κ1) is 15.0. The molecule has 1 aromatic carbocycles. The largest absolute Gasteiger partial charge is 0.375 e. The molecule has 2 aromatic rings. The van der Waals surface area contributed by atoms with Crippen LogP contribution >= 0.6 is 22.9 Å². The van der Waals surface area contributed by atoms with E-state index in [-0.39, 0.29) is 12.0 Å². The summed E-state index contributed by atoms with van der Waals surface area (Å²) in [7, 11) is 1.64. The van der Waals surface area contributed by atoms with Crippen molar-refractivity contribution >= 4 is 28.8 Å². The van der Waals surface area contributed by atoms with Gasteiger partial charge in [0.2, 0.25) is 0 Å². The zero-order chi connectivity index (χ0) is 14.5. The summed E-state index contributed by atoms with van der Waals surface area (Å²) in [6.07, 6.45) is -0.157. The summed E-state index contributed by atoms with van der Waals surface area (Å²) in [5, 5.41) is 2.88. The Balaban J connectivity index is 2.01. The fraction of sp³-hybridized carbons (Fsp3) is 0.267. The molecule has 0 aliphatic heterocycles. The maximum atomic E-state index is 12.0. The third-order valence-electron chi connectivity index (χ3n) is 3.06. The number of thiophene rings is 1. The molecule has 3 nitrogen and oxygen atoms in total. The van der Waals surface area contributed by atoms with Gasteiger partial charge in [-0.2, -0.15) is 0 Å².